The lowest BCUT2D eigenvalue weighted by molar-refractivity contribution is -0.143. The van der Waals surface area contributed by atoms with Crippen molar-refractivity contribution in [1.29, 1.82) is 0 Å². The average molecular weight is 449 g/mol. The van der Waals surface area contributed by atoms with E-state index in [0.29, 0.717) is 17.7 Å². The summed E-state index contributed by atoms with van der Waals surface area (Å²) in [5.41, 5.74) is -2.97. The number of rotatable bonds is 5. The van der Waals surface area contributed by atoms with Gasteiger partial charge in [-0.3, -0.25) is 0 Å². The molecule has 1 aromatic heterocycles. The normalized spacial score (nSPS) is 12.3. The van der Waals surface area contributed by atoms with Crippen molar-refractivity contribution in [1.82, 2.24) is 9.78 Å². The molecule has 11 heteroatoms. The monoisotopic (exact) mass is 449 g/mol. The first-order chi connectivity index (χ1) is 14.4. The van der Waals surface area contributed by atoms with Gasteiger partial charge in [-0.2, -0.15) is 31.4 Å². The third-order valence-corrected chi connectivity index (χ3v) is 4.48. The topological polar surface area (TPSA) is 29.9 Å². The zero-order chi connectivity index (χ0) is 23.0. The Labute approximate surface area is 171 Å². The van der Waals surface area contributed by atoms with E-state index in [4.69, 9.17) is 0 Å². The van der Waals surface area contributed by atoms with E-state index in [1.165, 1.54) is 24.3 Å². The Morgan fingerprint density at radius 1 is 0.871 bits per heavy atom. The second-order valence-corrected chi connectivity index (χ2v) is 6.61. The van der Waals surface area contributed by atoms with Gasteiger partial charge in [-0.05, 0) is 48.4 Å². The molecular weight excluding hydrogens is 434 g/mol. The molecule has 0 radical (unpaired) electrons. The molecule has 0 bridgehead atoms. The second kappa shape index (κ2) is 8.20. The summed E-state index contributed by atoms with van der Waals surface area (Å²) in [4.78, 5) is 0. The van der Waals surface area contributed by atoms with Crippen molar-refractivity contribution < 1.29 is 35.1 Å². The molecule has 1 heterocycles. The predicted octanol–water partition coefficient (Wildman–Crippen LogP) is 6.36. The molecule has 0 amide bonds. The first-order valence-corrected chi connectivity index (χ1v) is 8.95. The van der Waals surface area contributed by atoms with Gasteiger partial charge < -0.3 is 5.32 Å². The first-order valence-electron chi connectivity index (χ1n) is 8.95. The summed E-state index contributed by atoms with van der Waals surface area (Å²) in [6.45, 7) is 1.50. The maximum atomic E-state index is 14.1. The highest BCUT2D eigenvalue weighted by molar-refractivity contribution is 5.49. The van der Waals surface area contributed by atoms with Gasteiger partial charge >= 0.3 is 12.4 Å². The van der Waals surface area contributed by atoms with Crippen LogP contribution in [0.3, 0.4) is 0 Å². The molecule has 3 rings (SSSR count). The van der Waals surface area contributed by atoms with Gasteiger partial charge in [0.05, 0.1) is 5.69 Å². The summed E-state index contributed by atoms with van der Waals surface area (Å²) in [6, 6.07) is 7.09. The number of hydrogen-bond acceptors (Lipinski definition) is 2. The number of nitrogens with zero attached hydrogens (tertiary/aromatic N) is 2. The van der Waals surface area contributed by atoms with Gasteiger partial charge in [-0.1, -0.05) is 6.92 Å². The number of hydrogen-bond donors (Lipinski definition) is 1. The van der Waals surface area contributed by atoms with Crippen molar-refractivity contribution >= 4 is 5.69 Å². The Morgan fingerprint density at radius 3 is 1.94 bits per heavy atom. The van der Waals surface area contributed by atoms with Crippen LogP contribution in [0, 0.1) is 11.6 Å². The third kappa shape index (κ3) is 4.97. The third-order valence-electron chi connectivity index (χ3n) is 4.48. The minimum Gasteiger partial charge on any atom is -0.381 e. The molecule has 0 fully saturated rings. The van der Waals surface area contributed by atoms with E-state index in [1.54, 1.807) is 6.92 Å². The number of alkyl halides is 6. The van der Waals surface area contributed by atoms with Gasteiger partial charge in [-0.15, -0.1) is 0 Å². The molecule has 166 valence electrons. The molecule has 0 saturated heterocycles. The molecule has 3 aromatic rings. The van der Waals surface area contributed by atoms with Gasteiger partial charge in [0.2, 0.25) is 0 Å². The second-order valence-electron chi connectivity index (χ2n) is 6.61. The quantitative estimate of drug-likeness (QED) is 0.460. The molecule has 0 aliphatic heterocycles. The lowest BCUT2D eigenvalue weighted by atomic mass is 10.1. The maximum absolute atomic E-state index is 14.1. The number of nitrogens with one attached hydrogen (secondary N) is 1. The van der Waals surface area contributed by atoms with Crippen molar-refractivity contribution in [3.63, 3.8) is 0 Å². The van der Waals surface area contributed by atoms with E-state index in [2.05, 4.69) is 10.4 Å². The van der Waals surface area contributed by atoms with Crippen molar-refractivity contribution in [2.45, 2.75) is 32.2 Å². The summed E-state index contributed by atoms with van der Waals surface area (Å²) in [7, 11) is 0. The van der Waals surface area contributed by atoms with Crippen LogP contribution in [0.15, 0.2) is 42.5 Å². The van der Waals surface area contributed by atoms with Gasteiger partial charge in [0, 0.05) is 23.9 Å². The highest BCUT2D eigenvalue weighted by Gasteiger charge is 2.42. The Morgan fingerprint density at radius 2 is 1.45 bits per heavy atom. The molecule has 2 aromatic carbocycles. The van der Waals surface area contributed by atoms with Gasteiger partial charge in [0.1, 0.15) is 17.3 Å². The molecule has 0 atom stereocenters. The van der Waals surface area contributed by atoms with Crippen LogP contribution in [0.1, 0.15) is 29.4 Å². The first kappa shape index (κ1) is 22.6. The molecule has 3 nitrogen and oxygen atoms in total. The van der Waals surface area contributed by atoms with Gasteiger partial charge in [-0.25, -0.2) is 13.5 Å². The molecule has 0 spiro atoms. The highest BCUT2D eigenvalue weighted by atomic mass is 19.4. The lowest BCUT2D eigenvalue weighted by Gasteiger charge is -2.12. The number of halogens is 8. The van der Waals surface area contributed by atoms with Crippen LogP contribution in [0.2, 0.25) is 0 Å². The number of aryl methyl sites for hydroxylation is 1. The fraction of sp³-hybridized carbons (Fsp3) is 0.250. The summed E-state index contributed by atoms with van der Waals surface area (Å²) >= 11 is 0. The molecule has 0 aliphatic carbocycles. The number of benzene rings is 2. The molecule has 1 N–H and O–H groups in total. The predicted molar refractivity (Wildman–Crippen MR) is 96.6 cm³/mol. The Kier molecular flexibility index (Phi) is 5.97. The molecule has 31 heavy (non-hydrogen) atoms. The maximum Gasteiger partial charge on any atom is 0.435 e. The van der Waals surface area contributed by atoms with Crippen molar-refractivity contribution in [2.75, 3.05) is 5.32 Å². The number of aromatic nitrogens is 2. The Balaban J connectivity index is 1.84. The van der Waals surface area contributed by atoms with Crippen LogP contribution in [-0.4, -0.2) is 9.78 Å². The lowest BCUT2D eigenvalue weighted by Crippen LogP contribution is -2.13. The van der Waals surface area contributed by atoms with E-state index in [1.807, 2.05) is 0 Å². The van der Waals surface area contributed by atoms with E-state index in [0.717, 1.165) is 12.1 Å². The summed E-state index contributed by atoms with van der Waals surface area (Å²) in [5.74, 6) is -1.49. The van der Waals surface area contributed by atoms with E-state index in [9.17, 15) is 35.1 Å². The highest BCUT2D eigenvalue weighted by Crippen LogP contribution is 2.36. The Bertz CT molecular complexity index is 1040. The minimum absolute atomic E-state index is 0.0717. The molecule has 0 saturated carbocycles. The van der Waals surface area contributed by atoms with Crippen molar-refractivity contribution in [3.8, 4) is 5.69 Å². The zero-order valence-electron chi connectivity index (χ0n) is 15.9. The molecule has 0 unspecified atom stereocenters. The summed E-state index contributed by atoms with van der Waals surface area (Å²) in [6.07, 6.45) is -9.66. The summed E-state index contributed by atoms with van der Waals surface area (Å²) < 4.78 is 106. The Hall–Kier alpha value is -3.11. The van der Waals surface area contributed by atoms with E-state index >= 15 is 0 Å². The standard InChI is InChI=1S/C20H15F8N3/c1-2-11-7-15(21)14(16(22)8-11)10-29-12-3-5-13(6-4-12)31-18(20(26,27)28)9-17(30-31)19(23,24)25/h3-9,29H,2,10H2,1H3. The summed E-state index contributed by atoms with van der Waals surface area (Å²) in [5, 5.41) is 5.75. The zero-order valence-corrected chi connectivity index (χ0v) is 15.9. The largest absolute Gasteiger partial charge is 0.435 e. The molecule has 0 aliphatic rings. The smallest absolute Gasteiger partial charge is 0.381 e. The van der Waals surface area contributed by atoms with E-state index in [-0.39, 0.29) is 28.5 Å². The minimum atomic E-state index is -5.06. The van der Waals surface area contributed by atoms with Crippen LogP contribution in [-0.2, 0) is 25.3 Å². The van der Waals surface area contributed by atoms with Crippen LogP contribution in [0.5, 0.6) is 0 Å². The van der Waals surface area contributed by atoms with E-state index < -0.39 is 35.4 Å². The van der Waals surface area contributed by atoms with Crippen LogP contribution < -0.4 is 5.32 Å². The average Bonchev–Trinajstić information content (AvgIpc) is 3.14. The number of anilines is 1. The van der Waals surface area contributed by atoms with Gasteiger partial charge in [0.25, 0.3) is 0 Å². The van der Waals surface area contributed by atoms with Crippen LogP contribution in [0.25, 0.3) is 5.69 Å². The van der Waals surface area contributed by atoms with Crippen LogP contribution >= 0.6 is 0 Å². The fourth-order valence-corrected chi connectivity index (χ4v) is 2.86. The van der Waals surface area contributed by atoms with Crippen molar-refractivity contribution in [2.24, 2.45) is 0 Å². The van der Waals surface area contributed by atoms with Crippen LogP contribution in [0.4, 0.5) is 40.8 Å². The van der Waals surface area contributed by atoms with Crippen molar-refractivity contribution in [3.05, 3.63) is 76.6 Å². The fourth-order valence-electron chi connectivity index (χ4n) is 2.86. The SMILES string of the molecule is CCc1cc(F)c(CNc2ccc(-n3nc(C(F)(F)F)cc3C(F)(F)F)cc2)c(F)c1. The van der Waals surface area contributed by atoms with Gasteiger partial charge in [0.15, 0.2) is 5.69 Å². The molecular formula is C20H15F8N3.